The highest BCUT2D eigenvalue weighted by molar-refractivity contribution is 5.71. The highest BCUT2D eigenvalue weighted by Crippen LogP contribution is 2.17. The highest BCUT2D eigenvalue weighted by Gasteiger charge is 2.19. The molecule has 0 bridgehead atoms. The Kier molecular flexibility index (Phi) is 43.7. The van der Waals surface area contributed by atoms with Crippen molar-refractivity contribution in [2.24, 2.45) is 11.8 Å². The molecule has 0 unspecified atom stereocenters. The van der Waals surface area contributed by atoms with Crippen LogP contribution in [0.15, 0.2) is 0 Å². The normalized spacial score (nSPS) is 12.1. The second-order valence-electron chi connectivity index (χ2n) is 18.8. The fourth-order valence-corrected chi connectivity index (χ4v) is 7.81. The smallest absolute Gasteiger partial charge is 0.306 e. The summed E-state index contributed by atoms with van der Waals surface area (Å²) in [7, 11) is 0. The van der Waals surface area contributed by atoms with Gasteiger partial charge in [-0.05, 0) is 31.1 Å². The minimum atomic E-state index is -0.761. The van der Waals surface area contributed by atoms with Crippen molar-refractivity contribution in [2.45, 2.75) is 291 Å². The van der Waals surface area contributed by atoms with Crippen LogP contribution in [0.4, 0.5) is 0 Å². The first-order chi connectivity index (χ1) is 28.2. The molecular weight excluding hydrogens is 721 g/mol. The summed E-state index contributed by atoms with van der Waals surface area (Å²) in [6, 6.07) is 0. The van der Waals surface area contributed by atoms with Crippen LogP contribution in [0.1, 0.15) is 285 Å². The molecule has 0 fully saturated rings. The Morgan fingerprint density at radius 1 is 0.328 bits per heavy atom. The maximum Gasteiger partial charge on any atom is 0.306 e. The van der Waals surface area contributed by atoms with Gasteiger partial charge in [0.15, 0.2) is 6.10 Å². The Bertz CT molecular complexity index is 885. The van der Waals surface area contributed by atoms with Crippen LogP contribution < -0.4 is 0 Å². The van der Waals surface area contributed by atoms with Crippen molar-refractivity contribution in [1.82, 2.24) is 0 Å². The fourth-order valence-electron chi connectivity index (χ4n) is 7.81. The summed E-state index contributed by atoms with van der Waals surface area (Å²) >= 11 is 0. The summed E-state index contributed by atoms with van der Waals surface area (Å²) < 4.78 is 16.8. The van der Waals surface area contributed by atoms with Crippen LogP contribution >= 0.6 is 0 Å². The molecule has 0 saturated heterocycles. The summed E-state index contributed by atoms with van der Waals surface area (Å²) in [5.41, 5.74) is 0. The number of esters is 3. The van der Waals surface area contributed by atoms with Gasteiger partial charge in [0.2, 0.25) is 0 Å². The number of rotatable bonds is 46. The second kappa shape index (κ2) is 44.9. The largest absolute Gasteiger partial charge is 0.462 e. The van der Waals surface area contributed by atoms with E-state index in [2.05, 4.69) is 34.6 Å². The molecule has 0 amide bonds. The van der Waals surface area contributed by atoms with Gasteiger partial charge in [0.05, 0.1) is 0 Å². The van der Waals surface area contributed by atoms with Gasteiger partial charge in [-0.3, -0.25) is 14.4 Å². The first-order valence-electron chi connectivity index (χ1n) is 25.7. The van der Waals surface area contributed by atoms with Crippen molar-refractivity contribution in [2.75, 3.05) is 13.2 Å². The van der Waals surface area contributed by atoms with E-state index in [9.17, 15) is 14.4 Å². The van der Waals surface area contributed by atoms with Crippen molar-refractivity contribution >= 4 is 17.9 Å². The Hall–Kier alpha value is -1.59. The molecule has 0 aromatic carbocycles. The molecule has 0 aromatic rings. The lowest BCUT2D eigenvalue weighted by Gasteiger charge is -2.18. The topological polar surface area (TPSA) is 78.9 Å². The zero-order valence-corrected chi connectivity index (χ0v) is 39.7. The molecule has 0 aliphatic heterocycles. The fraction of sp³-hybridized carbons (Fsp3) is 0.942. The first-order valence-corrected chi connectivity index (χ1v) is 25.7. The quantitative estimate of drug-likeness (QED) is 0.0346. The van der Waals surface area contributed by atoms with Crippen molar-refractivity contribution in [3.8, 4) is 0 Å². The SMILES string of the molecule is CCCCCCCCCCCC(=O)OC[C@H](COC(=O)CCCCCCCCCCCCCCC(C)C)OC(=O)CCCCCCCCCCCCCCCC(C)C. The van der Waals surface area contributed by atoms with Crippen LogP contribution in [-0.2, 0) is 28.6 Å². The molecule has 0 aromatic heterocycles. The van der Waals surface area contributed by atoms with Gasteiger partial charge in [-0.25, -0.2) is 0 Å². The molecule has 0 spiro atoms. The highest BCUT2D eigenvalue weighted by atomic mass is 16.6. The Balaban J connectivity index is 4.27. The van der Waals surface area contributed by atoms with Gasteiger partial charge >= 0.3 is 17.9 Å². The van der Waals surface area contributed by atoms with Crippen LogP contribution in [0, 0.1) is 11.8 Å². The lowest BCUT2D eigenvalue weighted by Crippen LogP contribution is -2.30. The number of carbonyl (C=O) groups excluding carboxylic acids is 3. The monoisotopic (exact) mass is 821 g/mol. The van der Waals surface area contributed by atoms with E-state index in [1.807, 2.05) is 0 Å². The molecule has 0 saturated carbocycles. The van der Waals surface area contributed by atoms with Crippen molar-refractivity contribution in [3.05, 3.63) is 0 Å². The van der Waals surface area contributed by atoms with E-state index < -0.39 is 6.10 Å². The summed E-state index contributed by atoms with van der Waals surface area (Å²) in [6.45, 7) is 11.4. The molecule has 0 aliphatic carbocycles. The van der Waals surface area contributed by atoms with E-state index in [0.29, 0.717) is 19.3 Å². The third-order valence-electron chi connectivity index (χ3n) is 11.7. The minimum Gasteiger partial charge on any atom is -0.462 e. The summed E-state index contributed by atoms with van der Waals surface area (Å²) in [4.78, 5) is 37.9. The number of carbonyl (C=O) groups is 3. The maximum atomic E-state index is 12.8. The van der Waals surface area contributed by atoms with Crippen LogP contribution in [0.2, 0.25) is 0 Å². The van der Waals surface area contributed by atoms with E-state index >= 15 is 0 Å². The van der Waals surface area contributed by atoms with E-state index in [1.54, 1.807) is 0 Å². The molecule has 0 N–H and O–H groups in total. The van der Waals surface area contributed by atoms with Gasteiger partial charge in [-0.1, -0.05) is 247 Å². The molecule has 0 radical (unpaired) electrons. The van der Waals surface area contributed by atoms with Crippen molar-refractivity contribution in [3.63, 3.8) is 0 Å². The molecule has 0 aliphatic rings. The molecule has 6 nitrogen and oxygen atoms in total. The Morgan fingerprint density at radius 2 is 0.569 bits per heavy atom. The lowest BCUT2D eigenvalue weighted by atomic mass is 10.0. The van der Waals surface area contributed by atoms with Gasteiger partial charge in [-0.15, -0.1) is 0 Å². The van der Waals surface area contributed by atoms with E-state index in [4.69, 9.17) is 14.2 Å². The summed E-state index contributed by atoms with van der Waals surface area (Å²) in [6.07, 6.45) is 45.2. The van der Waals surface area contributed by atoms with E-state index in [-0.39, 0.29) is 31.1 Å². The molecule has 344 valence electrons. The third kappa shape index (κ3) is 45.5. The van der Waals surface area contributed by atoms with Crippen LogP contribution in [0.3, 0.4) is 0 Å². The van der Waals surface area contributed by atoms with Gasteiger partial charge in [0.1, 0.15) is 13.2 Å². The zero-order chi connectivity index (χ0) is 42.6. The number of hydrogen-bond donors (Lipinski definition) is 0. The van der Waals surface area contributed by atoms with Crippen LogP contribution in [-0.4, -0.2) is 37.2 Å². The zero-order valence-electron chi connectivity index (χ0n) is 39.7. The predicted molar refractivity (Wildman–Crippen MR) is 247 cm³/mol. The molecule has 1 atom stereocenters. The molecule has 0 heterocycles. The standard InChI is InChI=1S/C52H100O6/c1-6-7-8-9-10-20-27-32-37-42-50(53)56-45-49(46-57-51(54)43-38-33-28-23-18-15-14-17-22-26-31-36-41-48(4)5)58-52(55)44-39-34-29-24-19-13-11-12-16-21-25-30-35-40-47(2)3/h47-49H,6-46H2,1-5H3/t49-/m1/s1. The molecule has 0 rings (SSSR count). The molecule has 6 heteroatoms. The molecular formula is C52H100O6. The predicted octanol–water partition coefficient (Wildman–Crippen LogP) is 16.5. The maximum absolute atomic E-state index is 12.8. The average molecular weight is 821 g/mol. The average Bonchev–Trinajstić information content (AvgIpc) is 3.19. The van der Waals surface area contributed by atoms with E-state index in [0.717, 1.165) is 69.6 Å². The Morgan fingerprint density at radius 3 is 0.845 bits per heavy atom. The second-order valence-corrected chi connectivity index (χ2v) is 18.8. The first kappa shape index (κ1) is 56.4. The number of ether oxygens (including phenoxy) is 3. The molecule has 58 heavy (non-hydrogen) atoms. The van der Waals surface area contributed by atoms with E-state index in [1.165, 1.54) is 173 Å². The lowest BCUT2D eigenvalue weighted by molar-refractivity contribution is -0.167. The van der Waals surface area contributed by atoms with Gasteiger partial charge < -0.3 is 14.2 Å². The summed E-state index contributed by atoms with van der Waals surface area (Å²) in [5, 5.41) is 0. The number of hydrogen-bond acceptors (Lipinski definition) is 6. The van der Waals surface area contributed by atoms with Crippen molar-refractivity contribution in [1.29, 1.82) is 0 Å². The minimum absolute atomic E-state index is 0.0637. The Labute approximate surface area is 361 Å². The number of unbranched alkanes of at least 4 members (excludes halogenated alkanes) is 31. The third-order valence-corrected chi connectivity index (χ3v) is 11.7. The van der Waals surface area contributed by atoms with Gasteiger partial charge in [0.25, 0.3) is 0 Å². The van der Waals surface area contributed by atoms with Gasteiger partial charge in [0, 0.05) is 19.3 Å². The summed E-state index contributed by atoms with van der Waals surface area (Å²) in [5.74, 6) is 0.822. The van der Waals surface area contributed by atoms with Crippen molar-refractivity contribution < 1.29 is 28.6 Å². The van der Waals surface area contributed by atoms with Crippen LogP contribution in [0.5, 0.6) is 0 Å². The van der Waals surface area contributed by atoms with Gasteiger partial charge in [-0.2, -0.15) is 0 Å². The van der Waals surface area contributed by atoms with Crippen LogP contribution in [0.25, 0.3) is 0 Å².